The molecule has 0 aliphatic carbocycles. The maximum absolute atomic E-state index is 4.27. The van der Waals surface area contributed by atoms with Crippen LogP contribution >= 0.6 is 0 Å². The minimum atomic E-state index is 1.00. The average molecular weight is 323 g/mol. The molecule has 0 spiro atoms. The first-order valence-corrected chi connectivity index (χ1v) is 9.92. The van der Waals surface area contributed by atoms with Crippen LogP contribution in [-0.2, 0) is 0 Å². The monoisotopic (exact) mass is 322 g/mol. The maximum atomic E-state index is 4.27. The molecule has 0 unspecified atom stereocenters. The van der Waals surface area contributed by atoms with Gasteiger partial charge < -0.3 is 0 Å². The first-order valence-electron chi connectivity index (χ1n) is 9.92. The van der Waals surface area contributed by atoms with Gasteiger partial charge in [-0.25, -0.2) is 0 Å². The van der Waals surface area contributed by atoms with Crippen molar-refractivity contribution in [1.29, 1.82) is 0 Å². The van der Waals surface area contributed by atoms with Crippen LogP contribution in [-0.4, -0.2) is 28.2 Å². The Bertz CT molecular complexity index is 359. The highest BCUT2D eigenvalue weighted by Crippen LogP contribution is 2.08. The molecule has 0 aromatic carbocycles. The standard InChI is InChI=1S/C19H38N4/c1-4-6-8-10-12-14-16-22(23-18-19(3)20-21-23)17-15-13-11-9-7-5-2/h18H,4-17H2,1-3H3. The normalized spacial score (nSPS) is 11.1. The Kier molecular flexibility index (Phi) is 11.6. The van der Waals surface area contributed by atoms with Crippen molar-refractivity contribution in [3.63, 3.8) is 0 Å². The molecule has 0 amide bonds. The van der Waals surface area contributed by atoms with Gasteiger partial charge in [-0.15, -0.1) is 5.10 Å². The van der Waals surface area contributed by atoms with E-state index in [2.05, 4.69) is 29.2 Å². The average Bonchev–Trinajstić information content (AvgIpc) is 2.98. The maximum Gasteiger partial charge on any atom is 0.0818 e. The smallest absolute Gasteiger partial charge is 0.0818 e. The van der Waals surface area contributed by atoms with E-state index in [0.29, 0.717) is 0 Å². The molecule has 1 aromatic rings. The third-order valence-corrected chi connectivity index (χ3v) is 4.43. The molecule has 0 atom stereocenters. The Morgan fingerprint density at radius 1 is 0.783 bits per heavy atom. The summed E-state index contributed by atoms with van der Waals surface area (Å²) in [6.45, 7) is 8.76. The zero-order chi connectivity index (χ0) is 16.8. The number of nitrogens with zero attached hydrogens (tertiary/aromatic N) is 4. The summed E-state index contributed by atoms with van der Waals surface area (Å²) in [7, 11) is 0. The van der Waals surface area contributed by atoms with E-state index in [1.807, 2.05) is 17.9 Å². The summed E-state index contributed by atoms with van der Waals surface area (Å²) >= 11 is 0. The van der Waals surface area contributed by atoms with Gasteiger partial charge in [-0.2, -0.15) is 4.79 Å². The predicted octanol–water partition coefficient (Wildman–Crippen LogP) is 5.25. The van der Waals surface area contributed by atoms with E-state index >= 15 is 0 Å². The van der Waals surface area contributed by atoms with Crippen LogP contribution in [0.2, 0.25) is 0 Å². The fraction of sp³-hybridized carbons (Fsp3) is 0.895. The van der Waals surface area contributed by atoms with Crippen molar-refractivity contribution in [2.75, 3.05) is 18.1 Å². The summed E-state index contributed by atoms with van der Waals surface area (Å²) in [6, 6.07) is 0. The van der Waals surface area contributed by atoms with Crippen molar-refractivity contribution >= 4 is 0 Å². The van der Waals surface area contributed by atoms with E-state index in [9.17, 15) is 0 Å². The van der Waals surface area contributed by atoms with Crippen molar-refractivity contribution in [1.82, 2.24) is 15.1 Å². The summed E-state index contributed by atoms with van der Waals surface area (Å²) in [5.74, 6) is 0. The third-order valence-electron chi connectivity index (χ3n) is 4.43. The Morgan fingerprint density at radius 2 is 1.26 bits per heavy atom. The number of aromatic nitrogens is 3. The molecule has 23 heavy (non-hydrogen) atoms. The number of hydrogen-bond acceptors (Lipinski definition) is 3. The Hall–Kier alpha value is -1.06. The molecule has 0 fully saturated rings. The third kappa shape index (κ3) is 9.62. The number of rotatable bonds is 15. The van der Waals surface area contributed by atoms with Crippen LogP contribution in [0.1, 0.15) is 96.6 Å². The number of unbranched alkanes of at least 4 members (excludes halogenated alkanes) is 10. The lowest BCUT2D eigenvalue weighted by molar-refractivity contribution is 0.470. The molecule has 0 aliphatic heterocycles. The molecule has 0 saturated carbocycles. The highest BCUT2D eigenvalue weighted by molar-refractivity contribution is 4.92. The van der Waals surface area contributed by atoms with Gasteiger partial charge in [0.25, 0.3) is 0 Å². The van der Waals surface area contributed by atoms with E-state index in [1.165, 1.54) is 77.0 Å². The van der Waals surface area contributed by atoms with E-state index in [0.717, 1.165) is 18.8 Å². The Labute approximate surface area is 143 Å². The van der Waals surface area contributed by atoms with Crippen molar-refractivity contribution in [3.8, 4) is 0 Å². The van der Waals surface area contributed by atoms with Crippen LogP contribution in [0, 0.1) is 6.92 Å². The highest BCUT2D eigenvalue weighted by atomic mass is 15.7. The van der Waals surface area contributed by atoms with Gasteiger partial charge in [0.2, 0.25) is 0 Å². The lowest BCUT2D eigenvalue weighted by Gasteiger charge is -2.23. The second-order valence-electron chi connectivity index (χ2n) is 6.77. The van der Waals surface area contributed by atoms with Crippen LogP contribution in [0.4, 0.5) is 0 Å². The van der Waals surface area contributed by atoms with Gasteiger partial charge in [0, 0.05) is 13.1 Å². The second-order valence-corrected chi connectivity index (χ2v) is 6.77. The fourth-order valence-corrected chi connectivity index (χ4v) is 2.94. The highest BCUT2D eigenvalue weighted by Gasteiger charge is 2.07. The summed E-state index contributed by atoms with van der Waals surface area (Å²) in [6.07, 6.45) is 18.2. The second kappa shape index (κ2) is 13.4. The van der Waals surface area contributed by atoms with E-state index in [-0.39, 0.29) is 0 Å². The fourth-order valence-electron chi connectivity index (χ4n) is 2.94. The van der Waals surface area contributed by atoms with Crippen LogP contribution in [0.3, 0.4) is 0 Å². The Morgan fingerprint density at radius 3 is 1.70 bits per heavy atom. The summed E-state index contributed by atoms with van der Waals surface area (Å²) in [4.78, 5) is 1.97. The van der Waals surface area contributed by atoms with Gasteiger partial charge >= 0.3 is 0 Å². The molecule has 1 heterocycles. The number of hydrogen-bond donors (Lipinski definition) is 0. The summed E-state index contributed by atoms with van der Waals surface area (Å²) in [5.41, 5.74) is 1.00. The molecular weight excluding hydrogens is 284 g/mol. The minimum Gasteiger partial charge on any atom is -0.296 e. The molecule has 0 N–H and O–H groups in total. The molecule has 0 bridgehead atoms. The van der Waals surface area contributed by atoms with Crippen LogP contribution in [0.25, 0.3) is 0 Å². The molecule has 4 nitrogen and oxygen atoms in total. The first kappa shape index (κ1) is 20.0. The minimum absolute atomic E-state index is 1.00. The number of aryl methyl sites for hydroxylation is 1. The van der Waals surface area contributed by atoms with E-state index in [1.54, 1.807) is 0 Å². The summed E-state index contributed by atoms with van der Waals surface area (Å²) < 4.78 is 0. The van der Waals surface area contributed by atoms with Crippen molar-refractivity contribution < 1.29 is 0 Å². The SMILES string of the molecule is CCCCCCCCN(CCCCCCCC)n1cc(C)nn1. The van der Waals surface area contributed by atoms with Gasteiger partial charge in [-0.05, 0) is 25.0 Å². The molecule has 0 radical (unpaired) electrons. The molecule has 134 valence electrons. The van der Waals surface area contributed by atoms with Crippen LogP contribution in [0.5, 0.6) is 0 Å². The van der Waals surface area contributed by atoms with Gasteiger partial charge in [-0.3, -0.25) is 5.01 Å². The van der Waals surface area contributed by atoms with Gasteiger partial charge in [0.15, 0.2) is 0 Å². The molecule has 0 aliphatic rings. The molecule has 0 saturated heterocycles. The Balaban J connectivity index is 2.26. The zero-order valence-corrected chi connectivity index (χ0v) is 15.8. The summed E-state index contributed by atoms with van der Waals surface area (Å²) in [5, 5.41) is 10.8. The molecule has 4 heteroatoms. The van der Waals surface area contributed by atoms with Crippen LogP contribution < -0.4 is 5.01 Å². The molecule has 1 rings (SSSR count). The molecule has 1 aromatic heterocycles. The van der Waals surface area contributed by atoms with Crippen molar-refractivity contribution in [3.05, 3.63) is 11.9 Å². The molecular formula is C19H38N4. The quantitative estimate of drug-likeness (QED) is 0.414. The van der Waals surface area contributed by atoms with Gasteiger partial charge in [-0.1, -0.05) is 78.1 Å². The van der Waals surface area contributed by atoms with Gasteiger partial charge in [0.1, 0.15) is 0 Å². The largest absolute Gasteiger partial charge is 0.296 e. The predicted molar refractivity (Wildman–Crippen MR) is 99.5 cm³/mol. The zero-order valence-electron chi connectivity index (χ0n) is 15.8. The lowest BCUT2D eigenvalue weighted by Crippen LogP contribution is -2.37. The van der Waals surface area contributed by atoms with Crippen LogP contribution in [0.15, 0.2) is 6.20 Å². The first-order chi connectivity index (χ1) is 11.3. The van der Waals surface area contributed by atoms with Crippen molar-refractivity contribution in [2.45, 2.75) is 97.8 Å². The van der Waals surface area contributed by atoms with E-state index in [4.69, 9.17) is 0 Å². The van der Waals surface area contributed by atoms with Crippen molar-refractivity contribution in [2.24, 2.45) is 0 Å². The topological polar surface area (TPSA) is 34.0 Å². The van der Waals surface area contributed by atoms with E-state index < -0.39 is 0 Å². The lowest BCUT2D eigenvalue weighted by atomic mass is 10.1. The van der Waals surface area contributed by atoms with Gasteiger partial charge in [0.05, 0.1) is 11.9 Å².